The summed E-state index contributed by atoms with van der Waals surface area (Å²) < 4.78 is 10.3. The van der Waals surface area contributed by atoms with Crippen LogP contribution in [-0.2, 0) is 9.47 Å². The van der Waals surface area contributed by atoms with Crippen LogP contribution in [0.15, 0.2) is 0 Å². The van der Waals surface area contributed by atoms with Gasteiger partial charge in [-0.2, -0.15) is 5.26 Å². The molecule has 0 aliphatic carbocycles. The molecule has 3 nitrogen and oxygen atoms in total. The van der Waals surface area contributed by atoms with Gasteiger partial charge in [0, 0.05) is 20.1 Å². The third kappa shape index (κ3) is 7.52. The molecule has 0 amide bonds. The summed E-state index contributed by atoms with van der Waals surface area (Å²) in [6.45, 7) is 3.35. The van der Waals surface area contributed by atoms with Gasteiger partial charge in [0.2, 0.25) is 0 Å². The van der Waals surface area contributed by atoms with Crippen LogP contribution >= 0.6 is 0 Å². The van der Waals surface area contributed by atoms with E-state index < -0.39 is 0 Å². The minimum atomic E-state index is 0.164. The Kier molecular flexibility index (Phi) is 8.09. The maximum absolute atomic E-state index is 8.25. The van der Waals surface area contributed by atoms with E-state index in [4.69, 9.17) is 14.7 Å². The summed E-state index contributed by atoms with van der Waals surface area (Å²) in [5.74, 6) is 0. The highest BCUT2D eigenvalue weighted by Gasteiger charge is 1.99. The van der Waals surface area contributed by atoms with Crippen molar-refractivity contribution in [1.29, 1.82) is 5.26 Å². The summed E-state index contributed by atoms with van der Waals surface area (Å²) in [6, 6.07) is 2.10. The van der Waals surface area contributed by atoms with Gasteiger partial charge < -0.3 is 9.47 Å². The highest BCUT2D eigenvalue weighted by molar-refractivity contribution is 4.67. The Bertz CT molecular complexity index is 131. The van der Waals surface area contributed by atoms with Gasteiger partial charge in [-0.05, 0) is 19.8 Å². The Morgan fingerprint density at radius 1 is 1.42 bits per heavy atom. The molecule has 0 aromatic carbocycles. The second-order valence-electron chi connectivity index (χ2n) is 2.75. The zero-order chi connectivity index (χ0) is 9.23. The van der Waals surface area contributed by atoms with Crippen molar-refractivity contribution < 1.29 is 9.47 Å². The Morgan fingerprint density at radius 3 is 2.75 bits per heavy atom. The lowest BCUT2D eigenvalue weighted by Crippen LogP contribution is -2.15. The highest BCUT2D eigenvalue weighted by Crippen LogP contribution is 1.97. The second-order valence-corrected chi connectivity index (χ2v) is 2.75. The Hall–Kier alpha value is -0.590. The predicted octanol–water partition coefficient (Wildman–Crippen LogP) is 1.73. The molecule has 0 N–H and O–H groups in total. The van der Waals surface area contributed by atoms with Crippen LogP contribution in [0, 0.1) is 11.3 Å². The summed E-state index contributed by atoms with van der Waals surface area (Å²) >= 11 is 0. The van der Waals surface area contributed by atoms with E-state index in [0.29, 0.717) is 13.0 Å². The van der Waals surface area contributed by atoms with Gasteiger partial charge in [0.15, 0.2) is 0 Å². The number of methoxy groups -OCH3 is 1. The van der Waals surface area contributed by atoms with Crippen molar-refractivity contribution in [3.8, 4) is 6.07 Å². The molecule has 0 aliphatic rings. The average Bonchev–Trinajstić information content (AvgIpc) is 2.05. The molecule has 0 heterocycles. The van der Waals surface area contributed by atoms with E-state index in [1.54, 1.807) is 7.11 Å². The lowest BCUT2D eigenvalue weighted by atomic mass is 10.2. The van der Waals surface area contributed by atoms with Crippen molar-refractivity contribution in [3.05, 3.63) is 0 Å². The van der Waals surface area contributed by atoms with Crippen molar-refractivity contribution in [3.63, 3.8) is 0 Å². The monoisotopic (exact) mass is 171 g/mol. The fraction of sp³-hybridized carbons (Fsp3) is 0.889. The molecular weight excluding hydrogens is 154 g/mol. The summed E-state index contributed by atoms with van der Waals surface area (Å²) in [5, 5.41) is 8.25. The van der Waals surface area contributed by atoms with Crippen LogP contribution in [0.2, 0.25) is 0 Å². The van der Waals surface area contributed by atoms with E-state index in [-0.39, 0.29) is 6.10 Å². The minimum absolute atomic E-state index is 0.164. The molecule has 0 aromatic rings. The van der Waals surface area contributed by atoms with Crippen LogP contribution in [0.25, 0.3) is 0 Å². The van der Waals surface area contributed by atoms with Gasteiger partial charge in [-0.1, -0.05) is 0 Å². The van der Waals surface area contributed by atoms with Crippen LogP contribution in [0.5, 0.6) is 0 Å². The van der Waals surface area contributed by atoms with Gasteiger partial charge >= 0.3 is 0 Å². The molecule has 0 aliphatic heterocycles. The van der Waals surface area contributed by atoms with Crippen LogP contribution in [0.4, 0.5) is 0 Å². The number of hydrogen-bond donors (Lipinski definition) is 0. The minimum Gasteiger partial charge on any atom is -0.382 e. The normalized spacial score (nSPS) is 12.4. The molecule has 0 aromatic heterocycles. The van der Waals surface area contributed by atoms with Gasteiger partial charge in [0.05, 0.1) is 18.8 Å². The molecular formula is C9H17NO2. The molecule has 0 saturated carbocycles. The quantitative estimate of drug-likeness (QED) is 0.548. The largest absolute Gasteiger partial charge is 0.382 e. The first-order valence-electron chi connectivity index (χ1n) is 4.28. The smallest absolute Gasteiger partial charge is 0.0780 e. The van der Waals surface area contributed by atoms with Crippen LogP contribution in [-0.4, -0.2) is 26.4 Å². The van der Waals surface area contributed by atoms with Gasteiger partial charge in [0.1, 0.15) is 0 Å². The van der Waals surface area contributed by atoms with E-state index in [1.807, 2.05) is 6.92 Å². The van der Waals surface area contributed by atoms with Gasteiger partial charge in [-0.3, -0.25) is 0 Å². The number of nitriles is 1. The summed E-state index contributed by atoms with van der Waals surface area (Å²) in [5.41, 5.74) is 0. The summed E-state index contributed by atoms with van der Waals surface area (Å²) in [7, 11) is 1.66. The SMILES string of the molecule is COCC(C)OCCCCC#N. The van der Waals surface area contributed by atoms with Crippen LogP contribution < -0.4 is 0 Å². The molecule has 0 radical (unpaired) electrons. The first-order chi connectivity index (χ1) is 5.81. The highest BCUT2D eigenvalue weighted by atomic mass is 16.5. The molecule has 0 bridgehead atoms. The van der Waals surface area contributed by atoms with Crippen LogP contribution in [0.1, 0.15) is 26.2 Å². The molecule has 0 saturated heterocycles. The molecule has 0 spiro atoms. The van der Waals surface area contributed by atoms with E-state index in [9.17, 15) is 0 Å². The zero-order valence-electron chi connectivity index (χ0n) is 7.88. The molecule has 70 valence electrons. The molecule has 12 heavy (non-hydrogen) atoms. The third-order valence-electron chi connectivity index (χ3n) is 1.49. The summed E-state index contributed by atoms with van der Waals surface area (Å²) in [4.78, 5) is 0. The van der Waals surface area contributed by atoms with Gasteiger partial charge in [-0.15, -0.1) is 0 Å². The topological polar surface area (TPSA) is 42.2 Å². The van der Waals surface area contributed by atoms with E-state index in [2.05, 4.69) is 6.07 Å². The fourth-order valence-electron chi connectivity index (χ4n) is 0.873. The van der Waals surface area contributed by atoms with Crippen LogP contribution in [0.3, 0.4) is 0 Å². The third-order valence-corrected chi connectivity index (χ3v) is 1.49. The zero-order valence-corrected chi connectivity index (χ0v) is 7.88. The van der Waals surface area contributed by atoms with Crippen molar-refractivity contribution >= 4 is 0 Å². The maximum Gasteiger partial charge on any atom is 0.0780 e. The number of unbranched alkanes of at least 4 members (excludes halogenated alkanes) is 2. The molecule has 3 heteroatoms. The van der Waals surface area contributed by atoms with Crippen molar-refractivity contribution in [2.75, 3.05) is 20.3 Å². The van der Waals surface area contributed by atoms with Crippen molar-refractivity contribution in [2.45, 2.75) is 32.3 Å². The predicted molar refractivity (Wildman–Crippen MR) is 46.8 cm³/mol. The number of ether oxygens (including phenoxy) is 2. The van der Waals surface area contributed by atoms with E-state index >= 15 is 0 Å². The van der Waals surface area contributed by atoms with Crippen molar-refractivity contribution in [2.24, 2.45) is 0 Å². The average molecular weight is 171 g/mol. The Labute approximate surface area is 74.3 Å². The van der Waals surface area contributed by atoms with E-state index in [1.165, 1.54) is 0 Å². The fourth-order valence-corrected chi connectivity index (χ4v) is 0.873. The first-order valence-corrected chi connectivity index (χ1v) is 4.28. The summed E-state index contributed by atoms with van der Waals surface area (Å²) in [6.07, 6.45) is 2.68. The van der Waals surface area contributed by atoms with Crippen molar-refractivity contribution in [1.82, 2.24) is 0 Å². The maximum atomic E-state index is 8.25. The Balaban J connectivity index is 3.04. The molecule has 0 fully saturated rings. The molecule has 0 rings (SSSR count). The second kappa shape index (κ2) is 8.51. The number of hydrogen-bond acceptors (Lipinski definition) is 3. The lowest BCUT2D eigenvalue weighted by Gasteiger charge is -2.10. The standard InChI is InChI=1S/C9H17NO2/c1-9(8-11-2)12-7-5-3-4-6-10/h9H,3-5,7-8H2,1-2H3. The molecule has 1 atom stereocenters. The number of rotatable bonds is 7. The lowest BCUT2D eigenvalue weighted by molar-refractivity contribution is 0.00788. The molecule has 1 unspecified atom stereocenters. The van der Waals surface area contributed by atoms with Gasteiger partial charge in [-0.25, -0.2) is 0 Å². The van der Waals surface area contributed by atoms with E-state index in [0.717, 1.165) is 19.4 Å². The first kappa shape index (κ1) is 11.4. The number of nitrogens with zero attached hydrogens (tertiary/aromatic N) is 1. The Morgan fingerprint density at radius 2 is 2.17 bits per heavy atom. The van der Waals surface area contributed by atoms with Gasteiger partial charge in [0.25, 0.3) is 0 Å².